The van der Waals surface area contributed by atoms with Crippen molar-refractivity contribution >= 4 is 28.5 Å². The van der Waals surface area contributed by atoms with E-state index in [-0.39, 0.29) is 11.5 Å². The summed E-state index contributed by atoms with van der Waals surface area (Å²) in [5.41, 5.74) is 1.86. The van der Waals surface area contributed by atoms with E-state index in [4.69, 9.17) is 0 Å². The van der Waals surface area contributed by atoms with Crippen LogP contribution in [0.1, 0.15) is 43.0 Å². The quantitative estimate of drug-likeness (QED) is 0.921. The van der Waals surface area contributed by atoms with Crippen LogP contribution >= 0.6 is 0 Å². The highest BCUT2D eigenvalue weighted by Crippen LogP contribution is 2.32. The highest BCUT2D eigenvalue weighted by Gasteiger charge is 2.25. The first-order chi connectivity index (χ1) is 10.6. The first kappa shape index (κ1) is 14.6. The van der Waals surface area contributed by atoms with Gasteiger partial charge in [-0.1, -0.05) is 13.3 Å². The Morgan fingerprint density at radius 1 is 1.36 bits per heavy atom. The molecule has 1 amide bonds. The third-order valence-corrected chi connectivity index (χ3v) is 4.23. The van der Waals surface area contributed by atoms with E-state index in [9.17, 15) is 14.7 Å². The van der Waals surface area contributed by atoms with Crippen molar-refractivity contribution in [3.63, 3.8) is 0 Å². The maximum absolute atomic E-state index is 12.1. The molecule has 1 saturated heterocycles. The Hall–Kier alpha value is -2.30. The fraction of sp³-hybridized carbons (Fsp3) is 0.412. The molecule has 1 fully saturated rings. The topological polar surface area (TPSA) is 62.5 Å². The Kier molecular flexibility index (Phi) is 3.88. The normalized spacial score (nSPS) is 15.0. The Morgan fingerprint density at radius 2 is 2.18 bits per heavy atom. The average molecular weight is 300 g/mol. The third kappa shape index (κ3) is 2.47. The van der Waals surface area contributed by atoms with Gasteiger partial charge in [-0.25, -0.2) is 4.79 Å². The number of hydrogen-bond donors (Lipinski definition) is 1. The summed E-state index contributed by atoms with van der Waals surface area (Å²) in [5.74, 6) is -0.886. The van der Waals surface area contributed by atoms with Gasteiger partial charge in [0.25, 0.3) is 0 Å². The van der Waals surface area contributed by atoms with Crippen LogP contribution in [-0.2, 0) is 11.3 Å². The van der Waals surface area contributed by atoms with Crippen molar-refractivity contribution in [2.24, 2.45) is 0 Å². The number of aryl methyl sites for hydroxylation is 1. The molecular formula is C17H20N2O3. The second-order valence-electron chi connectivity index (χ2n) is 5.74. The maximum atomic E-state index is 12.1. The smallest absolute Gasteiger partial charge is 0.335 e. The molecule has 1 aliphatic rings. The SMILES string of the molecule is CCCCn1ccc2c(N3CCCC3=O)cc(C(=O)O)cc21. The summed E-state index contributed by atoms with van der Waals surface area (Å²) in [6, 6.07) is 5.31. The van der Waals surface area contributed by atoms with Gasteiger partial charge in [0.15, 0.2) is 0 Å². The molecule has 116 valence electrons. The molecule has 3 rings (SSSR count). The lowest BCUT2D eigenvalue weighted by Gasteiger charge is -2.18. The number of carbonyl (C=O) groups is 2. The number of benzene rings is 1. The Bertz CT molecular complexity index is 733. The number of aromatic nitrogens is 1. The van der Waals surface area contributed by atoms with Crippen LogP contribution in [0.5, 0.6) is 0 Å². The molecule has 5 heteroatoms. The van der Waals surface area contributed by atoms with Gasteiger partial charge in [0.2, 0.25) is 5.91 Å². The minimum Gasteiger partial charge on any atom is -0.478 e. The number of fused-ring (bicyclic) bond motifs is 1. The monoisotopic (exact) mass is 300 g/mol. The number of carboxylic acids is 1. The Labute approximate surface area is 129 Å². The van der Waals surface area contributed by atoms with Gasteiger partial charge < -0.3 is 14.6 Å². The lowest BCUT2D eigenvalue weighted by atomic mass is 10.1. The van der Waals surface area contributed by atoms with Crippen molar-refractivity contribution in [2.45, 2.75) is 39.2 Å². The molecule has 1 aliphatic heterocycles. The van der Waals surface area contributed by atoms with Crippen molar-refractivity contribution in [3.8, 4) is 0 Å². The van der Waals surface area contributed by atoms with Crippen LogP contribution in [0.4, 0.5) is 5.69 Å². The predicted molar refractivity (Wildman–Crippen MR) is 85.4 cm³/mol. The van der Waals surface area contributed by atoms with Gasteiger partial charge in [0.05, 0.1) is 16.8 Å². The van der Waals surface area contributed by atoms with Gasteiger partial charge in [-0.05, 0) is 31.0 Å². The van der Waals surface area contributed by atoms with Crippen molar-refractivity contribution in [1.29, 1.82) is 0 Å². The standard InChI is InChI=1S/C17H20N2O3/c1-2-3-7-18-9-6-13-14(18)10-12(17(21)22)11-15(13)19-8-4-5-16(19)20/h6,9-11H,2-5,7-8H2,1H3,(H,21,22). The Morgan fingerprint density at radius 3 is 2.82 bits per heavy atom. The van der Waals surface area contributed by atoms with Gasteiger partial charge in [-0.15, -0.1) is 0 Å². The number of nitrogens with zero attached hydrogens (tertiary/aromatic N) is 2. The van der Waals surface area contributed by atoms with E-state index in [0.717, 1.165) is 42.4 Å². The number of carbonyl (C=O) groups excluding carboxylic acids is 1. The summed E-state index contributed by atoms with van der Waals surface area (Å²) >= 11 is 0. The maximum Gasteiger partial charge on any atom is 0.335 e. The molecule has 0 bridgehead atoms. The molecule has 1 aromatic carbocycles. The molecule has 0 atom stereocenters. The van der Waals surface area contributed by atoms with Crippen LogP contribution in [-0.4, -0.2) is 28.1 Å². The number of aromatic carboxylic acids is 1. The number of anilines is 1. The highest BCUT2D eigenvalue weighted by molar-refractivity contribution is 6.07. The van der Waals surface area contributed by atoms with Crippen LogP contribution in [0.25, 0.3) is 10.9 Å². The van der Waals surface area contributed by atoms with Crippen molar-refractivity contribution in [3.05, 3.63) is 30.0 Å². The van der Waals surface area contributed by atoms with E-state index in [1.54, 1.807) is 17.0 Å². The molecule has 0 spiro atoms. The first-order valence-electron chi connectivity index (χ1n) is 7.78. The van der Waals surface area contributed by atoms with Crippen LogP contribution in [0.3, 0.4) is 0 Å². The minimum atomic E-state index is -0.960. The van der Waals surface area contributed by atoms with Crippen LogP contribution < -0.4 is 4.90 Å². The second-order valence-corrected chi connectivity index (χ2v) is 5.74. The van der Waals surface area contributed by atoms with Gasteiger partial charge in [-0.3, -0.25) is 4.79 Å². The number of amides is 1. The molecule has 0 unspecified atom stereocenters. The molecule has 1 aromatic heterocycles. The minimum absolute atomic E-state index is 0.0742. The summed E-state index contributed by atoms with van der Waals surface area (Å²) in [4.78, 5) is 25.2. The fourth-order valence-electron chi connectivity index (χ4n) is 3.05. The van der Waals surface area contributed by atoms with E-state index in [1.165, 1.54) is 0 Å². The summed E-state index contributed by atoms with van der Waals surface area (Å²) in [6.45, 7) is 3.65. The molecule has 0 saturated carbocycles. The molecule has 5 nitrogen and oxygen atoms in total. The number of hydrogen-bond acceptors (Lipinski definition) is 2. The largest absolute Gasteiger partial charge is 0.478 e. The van der Waals surface area contributed by atoms with E-state index in [1.807, 2.05) is 12.3 Å². The zero-order valence-electron chi connectivity index (χ0n) is 12.7. The highest BCUT2D eigenvalue weighted by atomic mass is 16.4. The lowest BCUT2D eigenvalue weighted by Crippen LogP contribution is -2.24. The molecule has 0 aliphatic carbocycles. The zero-order chi connectivity index (χ0) is 15.7. The number of unbranched alkanes of at least 4 members (excludes halogenated alkanes) is 1. The Balaban J connectivity index is 2.15. The van der Waals surface area contributed by atoms with E-state index < -0.39 is 5.97 Å². The van der Waals surface area contributed by atoms with Crippen molar-refractivity contribution < 1.29 is 14.7 Å². The number of carboxylic acid groups (broad SMARTS) is 1. The van der Waals surface area contributed by atoms with Gasteiger partial charge in [0.1, 0.15) is 0 Å². The van der Waals surface area contributed by atoms with E-state index in [2.05, 4.69) is 11.5 Å². The van der Waals surface area contributed by atoms with Crippen molar-refractivity contribution in [2.75, 3.05) is 11.4 Å². The fourth-order valence-corrected chi connectivity index (χ4v) is 3.05. The summed E-state index contributed by atoms with van der Waals surface area (Å²) in [7, 11) is 0. The van der Waals surface area contributed by atoms with Crippen LogP contribution in [0.2, 0.25) is 0 Å². The van der Waals surface area contributed by atoms with Gasteiger partial charge in [-0.2, -0.15) is 0 Å². The van der Waals surface area contributed by atoms with Crippen LogP contribution in [0.15, 0.2) is 24.4 Å². The first-order valence-corrected chi connectivity index (χ1v) is 7.78. The molecule has 22 heavy (non-hydrogen) atoms. The van der Waals surface area contributed by atoms with Crippen molar-refractivity contribution in [1.82, 2.24) is 4.57 Å². The molecule has 0 radical (unpaired) electrons. The molecule has 2 aromatic rings. The predicted octanol–water partition coefficient (Wildman–Crippen LogP) is 3.27. The second kappa shape index (κ2) is 5.83. The van der Waals surface area contributed by atoms with Crippen LogP contribution in [0, 0.1) is 0 Å². The average Bonchev–Trinajstić information content (AvgIpc) is 3.10. The van der Waals surface area contributed by atoms with E-state index >= 15 is 0 Å². The zero-order valence-corrected chi connectivity index (χ0v) is 12.7. The third-order valence-electron chi connectivity index (χ3n) is 4.23. The van der Waals surface area contributed by atoms with Gasteiger partial charge >= 0.3 is 5.97 Å². The molecule has 1 N–H and O–H groups in total. The summed E-state index contributed by atoms with van der Waals surface area (Å²) in [5, 5.41) is 10.3. The van der Waals surface area contributed by atoms with Gasteiger partial charge in [0, 0.05) is 31.1 Å². The number of rotatable bonds is 5. The summed E-state index contributed by atoms with van der Waals surface area (Å²) < 4.78 is 2.08. The van der Waals surface area contributed by atoms with E-state index in [0.29, 0.717) is 13.0 Å². The molecular weight excluding hydrogens is 280 g/mol. The lowest BCUT2D eigenvalue weighted by molar-refractivity contribution is -0.117. The molecule has 2 heterocycles. The summed E-state index contributed by atoms with van der Waals surface area (Å²) in [6.07, 6.45) is 5.47.